The zero-order chi connectivity index (χ0) is 13.0. The van der Waals surface area contributed by atoms with E-state index >= 15 is 0 Å². The van der Waals surface area contributed by atoms with Gasteiger partial charge in [0.1, 0.15) is 5.82 Å². The number of thioether (sulfide) groups is 2. The Morgan fingerprint density at radius 3 is 2.50 bits per heavy atom. The van der Waals surface area contributed by atoms with Crippen LogP contribution < -0.4 is 5.32 Å². The molecule has 3 nitrogen and oxygen atoms in total. The van der Waals surface area contributed by atoms with Crippen LogP contribution in [0.1, 0.15) is 34.9 Å². The second-order valence-corrected chi connectivity index (χ2v) is 6.91. The van der Waals surface area contributed by atoms with Crippen LogP contribution in [0, 0.1) is 13.8 Å². The second kappa shape index (κ2) is 6.78. The van der Waals surface area contributed by atoms with Crippen molar-refractivity contribution in [3.63, 3.8) is 0 Å². The Kier molecular flexibility index (Phi) is 5.33. The van der Waals surface area contributed by atoms with Crippen LogP contribution in [0.15, 0.2) is 0 Å². The highest BCUT2D eigenvalue weighted by Gasteiger charge is 2.20. The van der Waals surface area contributed by atoms with E-state index in [-0.39, 0.29) is 0 Å². The van der Waals surface area contributed by atoms with E-state index in [0.717, 1.165) is 36.1 Å². The lowest BCUT2D eigenvalue weighted by Crippen LogP contribution is -2.18. The van der Waals surface area contributed by atoms with E-state index in [1.165, 1.54) is 17.1 Å². The summed E-state index contributed by atoms with van der Waals surface area (Å²) in [6.07, 6.45) is 0. The Balaban J connectivity index is 2.18. The third-order valence-electron chi connectivity index (χ3n) is 3.09. The van der Waals surface area contributed by atoms with Gasteiger partial charge in [0.2, 0.25) is 0 Å². The van der Waals surface area contributed by atoms with E-state index < -0.39 is 0 Å². The van der Waals surface area contributed by atoms with Crippen molar-refractivity contribution in [3.8, 4) is 0 Å². The summed E-state index contributed by atoms with van der Waals surface area (Å²) in [4.78, 5) is 9.45. The molecule has 1 saturated heterocycles. The van der Waals surface area contributed by atoms with Gasteiger partial charge in [-0.15, -0.1) is 11.8 Å². The first-order valence-electron chi connectivity index (χ1n) is 6.46. The Morgan fingerprint density at radius 2 is 1.94 bits per heavy atom. The fourth-order valence-electron chi connectivity index (χ4n) is 2.05. The van der Waals surface area contributed by atoms with E-state index in [9.17, 15) is 0 Å². The molecule has 0 radical (unpaired) electrons. The van der Waals surface area contributed by atoms with Gasteiger partial charge in [0.05, 0.1) is 5.25 Å². The predicted molar refractivity (Wildman–Crippen MR) is 81.4 cm³/mol. The maximum Gasteiger partial charge on any atom is 0.142 e. The van der Waals surface area contributed by atoms with Gasteiger partial charge in [0, 0.05) is 40.8 Å². The van der Waals surface area contributed by atoms with E-state index in [1.807, 2.05) is 23.5 Å². The molecule has 1 aliphatic heterocycles. The number of aryl methyl sites for hydroxylation is 2. The third-order valence-corrected chi connectivity index (χ3v) is 5.84. The molecule has 1 fully saturated rings. The lowest BCUT2D eigenvalue weighted by atomic mass is 10.1. The molecule has 1 N–H and O–H groups in total. The lowest BCUT2D eigenvalue weighted by molar-refractivity contribution is 0.704. The Hall–Kier alpha value is -0.260. The predicted octanol–water partition coefficient (Wildman–Crippen LogP) is 2.72. The first-order valence-corrected chi connectivity index (χ1v) is 8.66. The second-order valence-electron chi connectivity index (χ2n) is 4.45. The summed E-state index contributed by atoms with van der Waals surface area (Å²) < 4.78 is 0. The topological polar surface area (TPSA) is 37.8 Å². The molecular formula is C13H21N3S2. The summed E-state index contributed by atoms with van der Waals surface area (Å²) >= 11 is 4.01. The maximum absolute atomic E-state index is 4.73. The van der Waals surface area contributed by atoms with Crippen LogP contribution in [-0.2, 0) is 6.54 Å². The first kappa shape index (κ1) is 14.2. The highest BCUT2D eigenvalue weighted by atomic mass is 32.2. The first-order chi connectivity index (χ1) is 8.72. The van der Waals surface area contributed by atoms with E-state index in [0.29, 0.717) is 5.25 Å². The van der Waals surface area contributed by atoms with Gasteiger partial charge in [-0.2, -0.15) is 11.8 Å². The zero-order valence-corrected chi connectivity index (χ0v) is 13.0. The zero-order valence-electron chi connectivity index (χ0n) is 11.3. The Morgan fingerprint density at radius 1 is 1.22 bits per heavy atom. The van der Waals surface area contributed by atoms with Crippen molar-refractivity contribution in [2.45, 2.75) is 32.6 Å². The Labute approximate surface area is 118 Å². The summed E-state index contributed by atoms with van der Waals surface area (Å²) in [5.41, 5.74) is 3.53. The molecule has 0 aromatic carbocycles. The van der Waals surface area contributed by atoms with Crippen molar-refractivity contribution in [2.75, 3.05) is 23.8 Å². The van der Waals surface area contributed by atoms with Gasteiger partial charge in [-0.25, -0.2) is 9.97 Å². The summed E-state index contributed by atoms with van der Waals surface area (Å²) in [5.74, 6) is 4.66. The molecule has 2 rings (SSSR count). The maximum atomic E-state index is 4.73. The van der Waals surface area contributed by atoms with Crippen LogP contribution in [0.4, 0.5) is 0 Å². The molecule has 18 heavy (non-hydrogen) atoms. The molecule has 1 aromatic rings. The molecule has 5 heteroatoms. The molecule has 1 unspecified atom stereocenters. The molecule has 1 aliphatic rings. The van der Waals surface area contributed by atoms with Crippen LogP contribution in [0.2, 0.25) is 0 Å². The van der Waals surface area contributed by atoms with Crippen LogP contribution in [0.25, 0.3) is 0 Å². The van der Waals surface area contributed by atoms with Crippen molar-refractivity contribution in [2.24, 2.45) is 0 Å². The minimum Gasteiger partial charge on any atom is -0.313 e. The molecule has 100 valence electrons. The quantitative estimate of drug-likeness (QED) is 0.919. The third kappa shape index (κ3) is 3.39. The van der Waals surface area contributed by atoms with E-state index in [1.54, 1.807) is 0 Å². The van der Waals surface area contributed by atoms with Crippen molar-refractivity contribution in [1.29, 1.82) is 0 Å². The van der Waals surface area contributed by atoms with Gasteiger partial charge in [-0.3, -0.25) is 0 Å². The summed E-state index contributed by atoms with van der Waals surface area (Å²) in [6, 6.07) is 0. The van der Waals surface area contributed by atoms with Crippen LogP contribution in [0.3, 0.4) is 0 Å². The monoisotopic (exact) mass is 283 g/mol. The minimum absolute atomic E-state index is 0.481. The smallest absolute Gasteiger partial charge is 0.142 e. The molecule has 2 heterocycles. The van der Waals surface area contributed by atoms with Crippen molar-refractivity contribution < 1.29 is 0 Å². The van der Waals surface area contributed by atoms with Crippen molar-refractivity contribution in [1.82, 2.24) is 15.3 Å². The standard InChI is InChI=1S/C13H21N3S2/c1-4-14-7-11-9(2)15-13(16-10(11)3)12-8-17-5-6-18-12/h12,14H,4-8H2,1-3H3. The van der Waals surface area contributed by atoms with E-state index in [4.69, 9.17) is 9.97 Å². The molecule has 0 spiro atoms. The molecule has 0 bridgehead atoms. The van der Waals surface area contributed by atoms with Gasteiger partial charge >= 0.3 is 0 Å². The van der Waals surface area contributed by atoms with Crippen molar-refractivity contribution >= 4 is 23.5 Å². The van der Waals surface area contributed by atoms with Crippen LogP contribution in [-0.4, -0.2) is 33.8 Å². The van der Waals surface area contributed by atoms with Crippen LogP contribution in [0.5, 0.6) is 0 Å². The number of nitrogens with zero attached hydrogens (tertiary/aromatic N) is 2. The lowest BCUT2D eigenvalue weighted by Gasteiger charge is -2.21. The SMILES string of the molecule is CCNCc1c(C)nc(C2CSCCS2)nc1C. The van der Waals surface area contributed by atoms with Crippen molar-refractivity contribution in [3.05, 3.63) is 22.8 Å². The molecular weight excluding hydrogens is 262 g/mol. The normalized spacial score (nSPS) is 20.1. The summed E-state index contributed by atoms with van der Waals surface area (Å²) in [7, 11) is 0. The average Bonchev–Trinajstić information content (AvgIpc) is 2.39. The molecule has 1 aromatic heterocycles. The number of aromatic nitrogens is 2. The highest BCUT2D eigenvalue weighted by Crippen LogP contribution is 2.35. The van der Waals surface area contributed by atoms with Gasteiger partial charge in [-0.05, 0) is 20.4 Å². The minimum atomic E-state index is 0.481. The molecule has 0 amide bonds. The number of nitrogens with one attached hydrogen (secondary N) is 1. The number of hydrogen-bond acceptors (Lipinski definition) is 5. The number of hydrogen-bond donors (Lipinski definition) is 1. The molecule has 0 aliphatic carbocycles. The largest absolute Gasteiger partial charge is 0.313 e. The summed E-state index contributed by atoms with van der Waals surface area (Å²) in [5, 5.41) is 3.84. The van der Waals surface area contributed by atoms with Crippen LogP contribution >= 0.6 is 23.5 Å². The average molecular weight is 283 g/mol. The Bertz CT molecular complexity index is 380. The van der Waals surface area contributed by atoms with Gasteiger partial charge in [0.25, 0.3) is 0 Å². The highest BCUT2D eigenvalue weighted by molar-refractivity contribution is 8.06. The summed E-state index contributed by atoms with van der Waals surface area (Å²) in [6.45, 7) is 8.18. The fraction of sp³-hybridized carbons (Fsp3) is 0.692. The molecule has 1 atom stereocenters. The molecule has 0 saturated carbocycles. The van der Waals surface area contributed by atoms with Gasteiger partial charge in [-0.1, -0.05) is 6.92 Å². The fourth-order valence-corrected chi connectivity index (χ4v) is 4.65. The number of rotatable bonds is 4. The van der Waals surface area contributed by atoms with E-state index in [2.05, 4.69) is 26.1 Å². The van der Waals surface area contributed by atoms with Gasteiger partial charge < -0.3 is 5.32 Å². The van der Waals surface area contributed by atoms with Gasteiger partial charge in [0.15, 0.2) is 0 Å².